The Morgan fingerprint density at radius 3 is 2.21 bits per heavy atom. The molecular weight excluding hydrogens is 410 g/mol. The predicted molar refractivity (Wildman–Crippen MR) is 114 cm³/mol. The fourth-order valence-corrected chi connectivity index (χ4v) is 4.22. The number of rotatable bonds is 5. The summed E-state index contributed by atoms with van der Waals surface area (Å²) < 4.78 is 25.4. The highest BCUT2D eigenvalue weighted by Gasteiger charge is 2.22. The van der Waals surface area contributed by atoms with Gasteiger partial charge in [0.25, 0.3) is 0 Å². The molecule has 0 saturated heterocycles. The van der Waals surface area contributed by atoms with Gasteiger partial charge < -0.3 is 9.47 Å². The molecule has 3 rings (SSSR count). The molecule has 0 amide bonds. The Morgan fingerprint density at radius 2 is 1.66 bits per heavy atom. The van der Waals surface area contributed by atoms with Gasteiger partial charge in [-0.2, -0.15) is 0 Å². The number of hydrogen-bond acceptors (Lipinski definition) is 5. The lowest BCUT2D eigenvalue weighted by atomic mass is 9.87. The summed E-state index contributed by atoms with van der Waals surface area (Å²) in [5.41, 5.74) is 2.45. The average molecular weight is 434 g/mol. The molecule has 0 spiro atoms. The van der Waals surface area contributed by atoms with Crippen molar-refractivity contribution in [2.75, 3.05) is 14.2 Å². The standard InChI is InChI=1S/C21H24ClN3O3S/c1-13-20(29(26)15-9-7-14(8-10-15)21(2,3)4)23-24-25(13)17-12-18(27-5)16(22)11-19(17)28-6/h7-12H,1-6H3. The molecule has 0 aliphatic carbocycles. The number of aromatic nitrogens is 3. The third-order valence-corrected chi connectivity index (χ3v) is 6.37. The largest absolute Gasteiger partial charge is 0.495 e. The maximum Gasteiger partial charge on any atom is 0.177 e. The lowest BCUT2D eigenvalue weighted by Crippen LogP contribution is -2.10. The molecule has 3 aromatic rings. The molecule has 0 N–H and O–H groups in total. The van der Waals surface area contributed by atoms with Crippen LogP contribution in [0, 0.1) is 6.92 Å². The van der Waals surface area contributed by atoms with Crippen molar-refractivity contribution in [1.29, 1.82) is 0 Å². The highest BCUT2D eigenvalue weighted by atomic mass is 35.5. The normalized spacial score (nSPS) is 12.7. The molecule has 29 heavy (non-hydrogen) atoms. The van der Waals surface area contributed by atoms with Gasteiger partial charge >= 0.3 is 0 Å². The number of methoxy groups -OCH3 is 2. The van der Waals surface area contributed by atoms with E-state index in [2.05, 4.69) is 31.1 Å². The van der Waals surface area contributed by atoms with E-state index in [4.69, 9.17) is 21.1 Å². The molecule has 0 bridgehead atoms. The van der Waals surface area contributed by atoms with Gasteiger partial charge in [0.15, 0.2) is 5.03 Å². The zero-order valence-electron chi connectivity index (χ0n) is 17.3. The maximum atomic E-state index is 13.1. The van der Waals surface area contributed by atoms with Crippen molar-refractivity contribution < 1.29 is 13.7 Å². The lowest BCUT2D eigenvalue weighted by molar-refractivity contribution is 0.400. The van der Waals surface area contributed by atoms with Gasteiger partial charge in [-0.25, -0.2) is 8.89 Å². The molecule has 8 heteroatoms. The quantitative estimate of drug-likeness (QED) is 0.582. The van der Waals surface area contributed by atoms with Gasteiger partial charge in [-0.05, 0) is 30.0 Å². The molecule has 1 atom stereocenters. The molecule has 0 saturated carbocycles. The summed E-state index contributed by atoms with van der Waals surface area (Å²) in [5.74, 6) is 0.994. The predicted octanol–water partition coefficient (Wildman–Crippen LogP) is 4.71. The number of nitrogens with zero attached hydrogens (tertiary/aromatic N) is 3. The van der Waals surface area contributed by atoms with Crippen LogP contribution in [-0.4, -0.2) is 33.4 Å². The number of ether oxygens (including phenoxy) is 2. The Bertz CT molecular complexity index is 1060. The van der Waals surface area contributed by atoms with E-state index in [9.17, 15) is 4.21 Å². The van der Waals surface area contributed by atoms with E-state index in [1.54, 1.807) is 23.9 Å². The van der Waals surface area contributed by atoms with Crippen molar-refractivity contribution in [3.63, 3.8) is 0 Å². The van der Waals surface area contributed by atoms with Crippen LogP contribution in [0.2, 0.25) is 5.02 Å². The van der Waals surface area contributed by atoms with Gasteiger partial charge in [0.2, 0.25) is 0 Å². The van der Waals surface area contributed by atoms with Gasteiger partial charge in [-0.3, -0.25) is 0 Å². The first-order chi connectivity index (χ1) is 13.7. The molecule has 1 heterocycles. The Kier molecular flexibility index (Phi) is 6.00. The summed E-state index contributed by atoms with van der Waals surface area (Å²) in [4.78, 5) is 0.675. The summed E-state index contributed by atoms with van der Waals surface area (Å²) in [6.07, 6.45) is 0. The van der Waals surface area contributed by atoms with E-state index >= 15 is 0 Å². The number of hydrogen-bond donors (Lipinski definition) is 0. The fourth-order valence-electron chi connectivity index (χ4n) is 2.92. The second-order valence-electron chi connectivity index (χ2n) is 7.59. The topological polar surface area (TPSA) is 66.2 Å². The van der Waals surface area contributed by atoms with E-state index in [0.717, 1.165) is 0 Å². The molecule has 0 radical (unpaired) electrons. The second kappa shape index (κ2) is 8.16. The lowest BCUT2D eigenvalue weighted by Gasteiger charge is -2.18. The first kappa shape index (κ1) is 21.3. The Morgan fingerprint density at radius 1 is 1.03 bits per heavy atom. The van der Waals surface area contributed by atoms with Crippen molar-refractivity contribution in [1.82, 2.24) is 15.0 Å². The minimum Gasteiger partial charge on any atom is -0.495 e. The van der Waals surface area contributed by atoms with Crippen molar-refractivity contribution in [2.24, 2.45) is 0 Å². The Balaban J connectivity index is 2.01. The van der Waals surface area contributed by atoms with E-state index in [-0.39, 0.29) is 5.41 Å². The van der Waals surface area contributed by atoms with Crippen molar-refractivity contribution >= 4 is 22.4 Å². The van der Waals surface area contributed by atoms with Crippen LogP contribution in [-0.2, 0) is 16.2 Å². The molecule has 2 aromatic carbocycles. The SMILES string of the molecule is COc1cc(-n2nnc(S(=O)c3ccc(C(C)(C)C)cc3)c2C)c(OC)cc1Cl. The van der Waals surface area contributed by atoms with Gasteiger partial charge in [-0.15, -0.1) is 5.10 Å². The van der Waals surface area contributed by atoms with Crippen LogP contribution in [0.4, 0.5) is 0 Å². The fraction of sp³-hybridized carbons (Fsp3) is 0.333. The average Bonchev–Trinajstić information content (AvgIpc) is 3.07. The van der Waals surface area contributed by atoms with Crippen LogP contribution in [0.1, 0.15) is 32.0 Å². The van der Waals surface area contributed by atoms with E-state index in [1.165, 1.54) is 12.7 Å². The summed E-state index contributed by atoms with van der Waals surface area (Å²) in [5, 5.41) is 9.19. The van der Waals surface area contributed by atoms with Crippen LogP contribution in [0.25, 0.3) is 5.69 Å². The maximum absolute atomic E-state index is 13.1. The molecule has 0 fully saturated rings. The van der Waals surface area contributed by atoms with E-state index in [1.807, 2.05) is 31.2 Å². The first-order valence-corrected chi connectivity index (χ1v) is 10.6. The minimum atomic E-state index is -1.46. The van der Waals surface area contributed by atoms with E-state index in [0.29, 0.717) is 37.8 Å². The monoisotopic (exact) mass is 433 g/mol. The third kappa shape index (κ3) is 4.16. The van der Waals surface area contributed by atoms with Crippen LogP contribution >= 0.6 is 11.6 Å². The second-order valence-corrected chi connectivity index (χ2v) is 9.40. The highest BCUT2D eigenvalue weighted by Crippen LogP contribution is 2.35. The van der Waals surface area contributed by atoms with Crippen molar-refractivity contribution in [3.8, 4) is 17.2 Å². The molecule has 154 valence electrons. The molecule has 1 aromatic heterocycles. The van der Waals surface area contributed by atoms with Gasteiger partial charge in [0.1, 0.15) is 28.0 Å². The molecular formula is C21H24ClN3O3S. The summed E-state index contributed by atoms with van der Waals surface area (Å²) >= 11 is 6.19. The summed E-state index contributed by atoms with van der Waals surface area (Å²) in [7, 11) is 1.62. The summed E-state index contributed by atoms with van der Waals surface area (Å²) in [6.45, 7) is 8.24. The Hall–Kier alpha value is -2.38. The van der Waals surface area contributed by atoms with Crippen molar-refractivity contribution in [3.05, 3.63) is 52.7 Å². The zero-order chi connectivity index (χ0) is 21.3. The highest BCUT2D eigenvalue weighted by molar-refractivity contribution is 7.85. The van der Waals surface area contributed by atoms with Crippen molar-refractivity contribution in [2.45, 2.75) is 43.0 Å². The smallest absolute Gasteiger partial charge is 0.177 e. The van der Waals surface area contributed by atoms with Gasteiger partial charge in [0.05, 0.1) is 24.9 Å². The number of halogens is 1. The van der Waals surface area contributed by atoms with Crippen LogP contribution in [0.15, 0.2) is 46.3 Å². The molecule has 6 nitrogen and oxygen atoms in total. The third-order valence-electron chi connectivity index (χ3n) is 4.64. The molecule has 0 aliphatic heterocycles. The zero-order valence-corrected chi connectivity index (χ0v) is 18.9. The van der Waals surface area contributed by atoms with Crippen LogP contribution < -0.4 is 9.47 Å². The molecule has 0 aliphatic rings. The Labute approximate surface area is 178 Å². The van der Waals surface area contributed by atoms with Gasteiger partial charge in [0, 0.05) is 17.0 Å². The van der Waals surface area contributed by atoms with Crippen LogP contribution in [0.5, 0.6) is 11.5 Å². The van der Waals surface area contributed by atoms with Gasteiger partial charge in [-0.1, -0.05) is 49.7 Å². The minimum absolute atomic E-state index is 0.0310. The number of benzene rings is 2. The summed E-state index contributed by atoms with van der Waals surface area (Å²) in [6, 6.07) is 11.1. The van der Waals surface area contributed by atoms with Crippen LogP contribution in [0.3, 0.4) is 0 Å². The van der Waals surface area contributed by atoms with E-state index < -0.39 is 10.8 Å². The first-order valence-electron chi connectivity index (χ1n) is 9.04. The molecule has 1 unspecified atom stereocenters.